The van der Waals surface area contributed by atoms with E-state index in [0.29, 0.717) is 12.8 Å². The molecule has 0 aromatic carbocycles. The van der Waals surface area contributed by atoms with E-state index >= 15 is 0 Å². The molecular weight excluding hydrogens is 326 g/mol. The number of unbranched alkanes of at least 4 members (excludes halogenated alkanes) is 10. The van der Waals surface area contributed by atoms with Crippen molar-refractivity contribution in [3.63, 3.8) is 0 Å². The van der Waals surface area contributed by atoms with Gasteiger partial charge in [0.2, 0.25) is 5.91 Å². The predicted molar refractivity (Wildman–Crippen MR) is 111 cm³/mol. The maximum atomic E-state index is 11.3. The highest BCUT2D eigenvalue weighted by molar-refractivity contribution is 5.75. The van der Waals surface area contributed by atoms with Gasteiger partial charge in [-0.1, -0.05) is 78.1 Å². The molecule has 0 radical (unpaired) electrons. The van der Waals surface area contributed by atoms with Gasteiger partial charge in [-0.15, -0.1) is 0 Å². The normalized spacial score (nSPS) is 10.3. The number of amides is 1. The first-order valence-corrected chi connectivity index (χ1v) is 10.7. The molecule has 0 aliphatic carbocycles. The summed E-state index contributed by atoms with van der Waals surface area (Å²) in [6.45, 7) is 7.91. The van der Waals surface area contributed by atoms with Crippen molar-refractivity contribution in [1.29, 1.82) is 0 Å². The number of nitrogens with zero attached hydrogens (tertiary/aromatic N) is 1. The summed E-state index contributed by atoms with van der Waals surface area (Å²) in [7, 11) is 3.51. The SMILES string of the molecule is CCC(=O)N(C)C.CCCCCCCCCCCCCC(=O)OC(C)C. The molecule has 0 heterocycles. The fourth-order valence-electron chi connectivity index (χ4n) is 2.57. The maximum Gasteiger partial charge on any atom is 0.306 e. The zero-order valence-corrected chi connectivity index (χ0v) is 18.4. The lowest BCUT2D eigenvalue weighted by molar-refractivity contribution is -0.147. The van der Waals surface area contributed by atoms with Crippen molar-refractivity contribution in [2.45, 2.75) is 117 Å². The van der Waals surface area contributed by atoms with E-state index in [1.807, 2.05) is 20.8 Å². The Balaban J connectivity index is 0. The Bertz CT molecular complexity index is 327. The third kappa shape index (κ3) is 22.9. The minimum Gasteiger partial charge on any atom is -0.463 e. The van der Waals surface area contributed by atoms with Crippen LogP contribution in [0.4, 0.5) is 0 Å². The number of rotatable bonds is 14. The summed E-state index contributed by atoms with van der Waals surface area (Å²) in [6.07, 6.45) is 15.7. The summed E-state index contributed by atoms with van der Waals surface area (Å²) in [5.74, 6) is 0.144. The molecule has 0 aliphatic heterocycles. The van der Waals surface area contributed by atoms with Gasteiger partial charge in [0, 0.05) is 26.9 Å². The lowest BCUT2D eigenvalue weighted by atomic mass is 10.1. The average Bonchev–Trinajstić information content (AvgIpc) is 2.58. The van der Waals surface area contributed by atoms with Gasteiger partial charge >= 0.3 is 5.97 Å². The van der Waals surface area contributed by atoms with E-state index in [-0.39, 0.29) is 18.0 Å². The molecule has 4 nitrogen and oxygen atoms in total. The Labute approximate surface area is 163 Å². The van der Waals surface area contributed by atoms with Gasteiger partial charge in [0.15, 0.2) is 0 Å². The Kier molecular flexibility index (Phi) is 21.2. The number of hydrogen-bond acceptors (Lipinski definition) is 3. The first kappa shape index (κ1) is 27.2. The van der Waals surface area contributed by atoms with Crippen molar-refractivity contribution >= 4 is 11.9 Å². The second-order valence-corrected chi connectivity index (χ2v) is 7.47. The molecule has 0 fully saturated rings. The molecule has 0 unspecified atom stereocenters. The van der Waals surface area contributed by atoms with E-state index in [2.05, 4.69) is 6.92 Å². The highest BCUT2D eigenvalue weighted by atomic mass is 16.5. The molecule has 0 saturated heterocycles. The molecule has 0 aromatic heterocycles. The smallest absolute Gasteiger partial charge is 0.306 e. The molecular formula is C22H45NO3. The molecule has 0 spiro atoms. The third-order valence-electron chi connectivity index (χ3n) is 4.15. The second-order valence-electron chi connectivity index (χ2n) is 7.47. The van der Waals surface area contributed by atoms with E-state index in [0.717, 1.165) is 6.42 Å². The number of ether oxygens (including phenoxy) is 1. The van der Waals surface area contributed by atoms with E-state index < -0.39 is 0 Å². The molecule has 0 saturated carbocycles. The highest BCUT2D eigenvalue weighted by Gasteiger charge is 2.04. The second kappa shape index (κ2) is 20.3. The van der Waals surface area contributed by atoms with Crippen LogP contribution in [0.25, 0.3) is 0 Å². The molecule has 0 aliphatic rings. The lowest BCUT2D eigenvalue weighted by Gasteiger charge is -2.07. The Morgan fingerprint density at radius 1 is 0.769 bits per heavy atom. The van der Waals surface area contributed by atoms with Crippen LogP contribution >= 0.6 is 0 Å². The fourth-order valence-corrected chi connectivity index (χ4v) is 2.57. The van der Waals surface area contributed by atoms with Crippen LogP contribution in [-0.2, 0) is 14.3 Å². The Hall–Kier alpha value is -1.06. The van der Waals surface area contributed by atoms with E-state index in [4.69, 9.17) is 4.74 Å². The van der Waals surface area contributed by atoms with Crippen LogP contribution in [0.1, 0.15) is 111 Å². The van der Waals surface area contributed by atoms with Crippen molar-refractivity contribution < 1.29 is 14.3 Å². The van der Waals surface area contributed by atoms with Gasteiger partial charge in [0.1, 0.15) is 0 Å². The average molecular weight is 372 g/mol. The van der Waals surface area contributed by atoms with Crippen LogP contribution in [0.2, 0.25) is 0 Å². The molecule has 26 heavy (non-hydrogen) atoms. The summed E-state index contributed by atoms with van der Waals surface area (Å²) in [5, 5.41) is 0. The van der Waals surface area contributed by atoms with E-state index in [9.17, 15) is 9.59 Å². The topological polar surface area (TPSA) is 46.6 Å². The molecule has 0 N–H and O–H groups in total. The van der Waals surface area contributed by atoms with Crippen LogP contribution in [0.3, 0.4) is 0 Å². The first-order chi connectivity index (χ1) is 12.3. The maximum absolute atomic E-state index is 11.3. The molecule has 4 heteroatoms. The Morgan fingerprint density at radius 2 is 1.19 bits per heavy atom. The van der Waals surface area contributed by atoms with Gasteiger partial charge in [0.25, 0.3) is 0 Å². The van der Waals surface area contributed by atoms with Crippen molar-refractivity contribution in [2.24, 2.45) is 0 Å². The number of carbonyl (C=O) groups is 2. The molecule has 1 amide bonds. The summed E-state index contributed by atoms with van der Waals surface area (Å²) in [6, 6.07) is 0. The monoisotopic (exact) mass is 371 g/mol. The van der Waals surface area contributed by atoms with E-state index in [1.165, 1.54) is 64.2 Å². The minimum atomic E-state index is -0.0362. The van der Waals surface area contributed by atoms with Crippen molar-refractivity contribution in [3.8, 4) is 0 Å². The van der Waals surface area contributed by atoms with Gasteiger partial charge in [-0.25, -0.2) is 0 Å². The zero-order chi connectivity index (χ0) is 20.2. The molecule has 0 atom stereocenters. The van der Waals surface area contributed by atoms with E-state index in [1.54, 1.807) is 19.0 Å². The van der Waals surface area contributed by atoms with Gasteiger partial charge in [0.05, 0.1) is 6.10 Å². The predicted octanol–water partition coefficient (Wildman–Crippen LogP) is 6.12. The quantitative estimate of drug-likeness (QED) is 0.273. The number of hydrogen-bond donors (Lipinski definition) is 0. The highest BCUT2D eigenvalue weighted by Crippen LogP contribution is 2.12. The van der Waals surface area contributed by atoms with Crippen LogP contribution in [-0.4, -0.2) is 37.0 Å². The number of esters is 1. The van der Waals surface area contributed by atoms with Gasteiger partial charge < -0.3 is 9.64 Å². The molecule has 0 aromatic rings. The molecule has 0 rings (SSSR count). The fraction of sp³-hybridized carbons (Fsp3) is 0.909. The summed E-state index contributed by atoms with van der Waals surface area (Å²) in [5.41, 5.74) is 0. The van der Waals surface area contributed by atoms with Gasteiger partial charge in [-0.05, 0) is 20.3 Å². The Morgan fingerprint density at radius 3 is 1.50 bits per heavy atom. The number of carbonyl (C=O) groups excluding carboxylic acids is 2. The van der Waals surface area contributed by atoms with Gasteiger partial charge in [-0.2, -0.15) is 0 Å². The largest absolute Gasteiger partial charge is 0.463 e. The lowest BCUT2D eigenvalue weighted by Crippen LogP contribution is -2.19. The van der Waals surface area contributed by atoms with Crippen LogP contribution in [0.15, 0.2) is 0 Å². The standard InChI is InChI=1S/C17H34O2.C5H11NO/c1-4-5-6-7-8-9-10-11-12-13-14-15-17(18)19-16(2)3;1-4-5(7)6(2)3/h16H,4-15H2,1-3H3;4H2,1-3H3. The van der Waals surface area contributed by atoms with Crippen LogP contribution in [0.5, 0.6) is 0 Å². The first-order valence-electron chi connectivity index (χ1n) is 10.7. The van der Waals surface area contributed by atoms with Crippen LogP contribution < -0.4 is 0 Å². The summed E-state index contributed by atoms with van der Waals surface area (Å²) >= 11 is 0. The molecule has 0 bridgehead atoms. The van der Waals surface area contributed by atoms with Crippen molar-refractivity contribution in [1.82, 2.24) is 4.90 Å². The minimum absolute atomic E-state index is 0.0280. The summed E-state index contributed by atoms with van der Waals surface area (Å²) < 4.78 is 5.10. The third-order valence-corrected chi connectivity index (χ3v) is 4.15. The molecule has 156 valence electrons. The van der Waals surface area contributed by atoms with Crippen molar-refractivity contribution in [2.75, 3.05) is 14.1 Å². The summed E-state index contributed by atoms with van der Waals surface area (Å²) in [4.78, 5) is 23.3. The van der Waals surface area contributed by atoms with Gasteiger partial charge in [-0.3, -0.25) is 9.59 Å². The van der Waals surface area contributed by atoms with Crippen LogP contribution in [0, 0.1) is 0 Å². The zero-order valence-electron chi connectivity index (χ0n) is 18.4. The van der Waals surface area contributed by atoms with Crippen molar-refractivity contribution in [3.05, 3.63) is 0 Å².